The van der Waals surface area contributed by atoms with Gasteiger partial charge in [0, 0.05) is 12.1 Å². The van der Waals surface area contributed by atoms with E-state index in [-0.39, 0.29) is 0 Å². The molecule has 0 saturated carbocycles. The summed E-state index contributed by atoms with van der Waals surface area (Å²) in [4.78, 5) is 22.5. The normalized spacial score (nSPS) is 9.90. The van der Waals surface area contributed by atoms with Gasteiger partial charge in [-0.2, -0.15) is 0 Å². The fourth-order valence-corrected chi connectivity index (χ4v) is 1.82. The number of benzene rings is 2. The Morgan fingerprint density at radius 3 is 2.29 bits per heavy atom. The van der Waals surface area contributed by atoms with Gasteiger partial charge in [0.1, 0.15) is 0 Å². The number of hydrogen-bond donors (Lipinski definition) is 2. The number of esters is 1. The zero-order valence-electron chi connectivity index (χ0n) is 11.4. The topological polar surface area (TPSA) is 81.4 Å². The van der Waals surface area contributed by atoms with Gasteiger partial charge in [0.2, 0.25) is 0 Å². The Balaban J connectivity index is 1.84. The summed E-state index contributed by atoms with van der Waals surface area (Å²) < 4.78 is 5.20. The van der Waals surface area contributed by atoms with E-state index >= 15 is 0 Å². The van der Waals surface area contributed by atoms with Crippen molar-refractivity contribution in [3.63, 3.8) is 0 Å². The molecule has 0 spiro atoms. The Kier molecular flexibility index (Phi) is 4.93. The van der Waals surface area contributed by atoms with E-state index in [9.17, 15) is 9.59 Å². The number of rotatable bonds is 5. The minimum absolute atomic E-state index is 0.324. The molecule has 0 atom stereocenters. The number of urea groups is 1. The summed E-state index contributed by atoms with van der Waals surface area (Å²) in [5, 5.41) is 2.42. The maximum atomic E-state index is 11.8. The number of carbonyl (C=O) groups is 2. The molecule has 0 bridgehead atoms. The smallest absolute Gasteiger partial charge is 0.338 e. The summed E-state index contributed by atoms with van der Waals surface area (Å²) in [5.41, 5.74) is 7.08. The molecule has 0 unspecified atom stereocenters. The number of nitrogens with two attached hydrogens (primary N) is 1. The fourth-order valence-electron chi connectivity index (χ4n) is 1.82. The third kappa shape index (κ3) is 4.65. The molecule has 0 aliphatic rings. The molecule has 2 aromatic rings. The van der Waals surface area contributed by atoms with Gasteiger partial charge in [0.15, 0.2) is 0 Å². The second kappa shape index (κ2) is 7.09. The summed E-state index contributed by atoms with van der Waals surface area (Å²) >= 11 is 0. The minimum atomic E-state index is -0.645. The third-order valence-corrected chi connectivity index (χ3v) is 2.85. The Morgan fingerprint density at radius 1 is 1.00 bits per heavy atom. The van der Waals surface area contributed by atoms with Crippen LogP contribution in [0.25, 0.3) is 0 Å². The molecule has 0 aromatic heterocycles. The molecule has 2 aromatic carbocycles. The van der Waals surface area contributed by atoms with Crippen molar-refractivity contribution < 1.29 is 14.3 Å². The van der Waals surface area contributed by atoms with Crippen LogP contribution < -0.4 is 11.1 Å². The van der Waals surface area contributed by atoms with Crippen molar-refractivity contribution in [2.75, 3.05) is 11.9 Å². The van der Waals surface area contributed by atoms with Crippen molar-refractivity contribution in [1.29, 1.82) is 0 Å². The zero-order valence-corrected chi connectivity index (χ0v) is 11.4. The van der Waals surface area contributed by atoms with Gasteiger partial charge >= 0.3 is 12.0 Å². The van der Waals surface area contributed by atoms with Crippen molar-refractivity contribution in [2.24, 2.45) is 5.73 Å². The average Bonchev–Trinajstić information content (AvgIpc) is 2.48. The third-order valence-electron chi connectivity index (χ3n) is 2.85. The van der Waals surface area contributed by atoms with E-state index < -0.39 is 12.0 Å². The van der Waals surface area contributed by atoms with Crippen molar-refractivity contribution in [1.82, 2.24) is 0 Å². The monoisotopic (exact) mass is 284 g/mol. The van der Waals surface area contributed by atoms with E-state index in [1.165, 1.54) is 0 Å². The van der Waals surface area contributed by atoms with Crippen LogP contribution in [0.1, 0.15) is 15.9 Å². The van der Waals surface area contributed by atoms with Crippen molar-refractivity contribution >= 4 is 17.7 Å². The van der Waals surface area contributed by atoms with E-state index in [0.29, 0.717) is 24.3 Å². The largest absolute Gasteiger partial charge is 0.462 e. The van der Waals surface area contributed by atoms with Crippen molar-refractivity contribution in [3.8, 4) is 0 Å². The molecule has 3 N–H and O–H groups in total. The lowest BCUT2D eigenvalue weighted by atomic mass is 10.2. The Hall–Kier alpha value is -2.82. The standard InChI is InChI=1S/C16H16N2O3/c17-16(20)18-14-8-6-13(7-9-14)15(19)21-11-10-12-4-2-1-3-5-12/h1-9H,10-11H2,(H3,17,18,20). The van der Waals surface area contributed by atoms with Gasteiger partial charge in [-0.05, 0) is 29.8 Å². The van der Waals surface area contributed by atoms with E-state index in [1.807, 2.05) is 30.3 Å². The summed E-state index contributed by atoms with van der Waals surface area (Å²) in [7, 11) is 0. The molecule has 0 saturated heterocycles. The lowest BCUT2D eigenvalue weighted by Crippen LogP contribution is -2.19. The van der Waals surface area contributed by atoms with Gasteiger partial charge in [-0.15, -0.1) is 0 Å². The molecule has 0 aliphatic heterocycles. The van der Waals surface area contributed by atoms with Crippen LogP contribution in [0.15, 0.2) is 54.6 Å². The van der Waals surface area contributed by atoms with E-state index in [0.717, 1.165) is 5.56 Å². The first-order chi connectivity index (χ1) is 10.1. The van der Waals surface area contributed by atoms with Crippen LogP contribution in [-0.2, 0) is 11.2 Å². The van der Waals surface area contributed by atoms with E-state index in [1.54, 1.807) is 24.3 Å². The molecular formula is C16H16N2O3. The van der Waals surface area contributed by atoms with E-state index in [4.69, 9.17) is 10.5 Å². The van der Waals surface area contributed by atoms with E-state index in [2.05, 4.69) is 5.32 Å². The highest BCUT2D eigenvalue weighted by atomic mass is 16.5. The lowest BCUT2D eigenvalue weighted by Gasteiger charge is -2.06. The first kappa shape index (κ1) is 14.6. The summed E-state index contributed by atoms with van der Waals surface area (Å²) in [5.74, 6) is -0.392. The molecule has 0 fully saturated rings. The van der Waals surface area contributed by atoms with Crippen LogP contribution in [0.2, 0.25) is 0 Å². The van der Waals surface area contributed by atoms with Gasteiger partial charge in [0.05, 0.1) is 12.2 Å². The number of hydrogen-bond acceptors (Lipinski definition) is 3. The fraction of sp³-hybridized carbons (Fsp3) is 0.125. The Bertz CT molecular complexity index is 609. The molecule has 2 amide bonds. The van der Waals surface area contributed by atoms with Crippen molar-refractivity contribution in [2.45, 2.75) is 6.42 Å². The molecule has 0 aliphatic carbocycles. The average molecular weight is 284 g/mol. The Labute approximate surface area is 122 Å². The first-order valence-electron chi connectivity index (χ1n) is 6.53. The van der Waals surface area contributed by atoms with Gasteiger partial charge in [-0.3, -0.25) is 0 Å². The second-order valence-corrected chi connectivity index (χ2v) is 4.44. The maximum Gasteiger partial charge on any atom is 0.338 e. The van der Waals surface area contributed by atoms with Gasteiger partial charge in [-0.25, -0.2) is 9.59 Å². The number of nitrogens with one attached hydrogen (secondary N) is 1. The maximum absolute atomic E-state index is 11.8. The summed E-state index contributed by atoms with van der Waals surface area (Å²) in [6, 6.07) is 15.5. The van der Waals surface area contributed by atoms with Gasteiger partial charge in [0.25, 0.3) is 0 Å². The highest BCUT2D eigenvalue weighted by Crippen LogP contribution is 2.10. The van der Waals surface area contributed by atoms with Crippen LogP contribution in [-0.4, -0.2) is 18.6 Å². The summed E-state index contributed by atoms with van der Waals surface area (Å²) in [6.07, 6.45) is 0.674. The molecule has 2 rings (SSSR count). The lowest BCUT2D eigenvalue weighted by molar-refractivity contribution is 0.0509. The van der Waals surface area contributed by atoms with Crippen LogP contribution >= 0.6 is 0 Å². The minimum Gasteiger partial charge on any atom is -0.462 e. The molecule has 0 radical (unpaired) electrons. The molecule has 5 heteroatoms. The number of amides is 2. The van der Waals surface area contributed by atoms with Crippen molar-refractivity contribution in [3.05, 3.63) is 65.7 Å². The molecule has 5 nitrogen and oxygen atoms in total. The predicted octanol–water partition coefficient (Wildman–Crippen LogP) is 2.58. The second-order valence-electron chi connectivity index (χ2n) is 4.44. The highest BCUT2D eigenvalue weighted by molar-refractivity contribution is 5.91. The van der Waals surface area contributed by atoms with Gasteiger partial charge < -0.3 is 15.8 Å². The van der Waals surface area contributed by atoms with Crippen LogP contribution in [0.4, 0.5) is 10.5 Å². The molecule has 0 heterocycles. The van der Waals surface area contributed by atoms with Crippen LogP contribution in [0.3, 0.4) is 0 Å². The quantitative estimate of drug-likeness (QED) is 0.828. The Morgan fingerprint density at radius 2 is 1.67 bits per heavy atom. The van der Waals surface area contributed by atoms with Gasteiger partial charge in [-0.1, -0.05) is 30.3 Å². The molecular weight excluding hydrogens is 268 g/mol. The number of primary amides is 1. The number of anilines is 1. The SMILES string of the molecule is NC(=O)Nc1ccc(C(=O)OCCc2ccccc2)cc1. The first-order valence-corrected chi connectivity index (χ1v) is 6.53. The molecule has 21 heavy (non-hydrogen) atoms. The number of carbonyl (C=O) groups excluding carboxylic acids is 2. The van der Waals surface area contributed by atoms with Crippen LogP contribution in [0, 0.1) is 0 Å². The van der Waals surface area contributed by atoms with Crippen LogP contribution in [0.5, 0.6) is 0 Å². The molecule has 108 valence electrons. The predicted molar refractivity (Wildman–Crippen MR) is 80.1 cm³/mol. The zero-order chi connectivity index (χ0) is 15.1. The summed E-state index contributed by atoms with van der Waals surface area (Å²) in [6.45, 7) is 0.324. The highest BCUT2D eigenvalue weighted by Gasteiger charge is 2.07. The number of ether oxygens (including phenoxy) is 1.